The van der Waals surface area contributed by atoms with Crippen molar-refractivity contribution in [2.75, 3.05) is 43.8 Å². The van der Waals surface area contributed by atoms with Crippen LogP contribution in [0.25, 0.3) is 0 Å². The lowest BCUT2D eigenvalue weighted by atomic mass is 10.2. The topological polar surface area (TPSA) is 61.6 Å². The molecule has 1 heterocycles. The molecular weight excluding hydrogens is 252 g/mol. The van der Waals surface area contributed by atoms with Crippen LogP contribution in [0, 0.1) is 0 Å². The molecule has 1 aliphatic rings. The van der Waals surface area contributed by atoms with Gasteiger partial charge in [-0.1, -0.05) is 13.0 Å². The predicted octanol–water partition coefficient (Wildman–Crippen LogP) is 1.23. The molecule has 0 spiro atoms. The SMILES string of the molecule is CCN1CCN(C(C)C(=O)Nc2cccc(N)c2)CC1. The smallest absolute Gasteiger partial charge is 0.241 e. The molecule has 1 atom stereocenters. The highest BCUT2D eigenvalue weighted by Gasteiger charge is 2.24. The van der Waals surface area contributed by atoms with Gasteiger partial charge in [-0.15, -0.1) is 0 Å². The first-order valence-corrected chi connectivity index (χ1v) is 7.23. The van der Waals surface area contributed by atoms with Crippen LogP contribution in [0.4, 0.5) is 11.4 Å². The Morgan fingerprint density at radius 1 is 1.35 bits per heavy atom. The van der Waals surface area contributed by atoms with Crippen molar-refractivity contribution in [2.45, 2.75) is 19.9 Å². The summed E-state index contributed by atoms with van der Waals surface area (Å²) >= 11 is 0. The number of hydrogen-bond acceptors (Lipinski definition) is 4. The molecule has 1 amide bonds. The summed E-state index contributed by atoms with van der Waals surface area (Å²) in [6, 6.07) is 7.17. The highest BCUT2D eigenvalue weighted by atomic mass is 16.2. The number of rotatable bonds is 4. The third-order valence-electron chi connectivity index (χ3n) is 3.94. The van der Waals surface area contributed by atoms with Crippen LogP contribution in [0.3, 0.4) is 0 Å². The maximum atomic E-state index is 12.3. The fourth-order valence-electron chi connectivity index (χ4n) is 2.50. The van der Waals surface area contributed by atoms with Gasteiger partial charge in [0.25, 0.3) is 0 Å². The van der Waals surface area contributed by atoms with Crippen LogP contribution < -0.4 is 11.1 Å². The molecule has 0 aliphatic carbocycles. The molecule has 1 fully saturated rings. The predicted molar refractivity (Wildman–Crippen MR) is 82.6 cm³/mol. The maximum Gasteiger partial charge on any atom is 0.241 e. The molecule has 3 N–H and O–H groups in total. The number of benzene rings is 1. The number of carbonyl (C=O) groups excluding carboxylic acids is 1. The van der Waals surface area contributed by atoms with Gasteiger partial charge in [0.05, 0.1) is 6.04 Å². The quantitative estimate of drug-likeness (QED) is 0.812. The van der Waals surface area contributed by atoms with Crippen molar-refractivity contribution in [2.24, 2.45) is 0 Å². The van der Waals surface area contributed by atoms with E-state index in [1.807, 2.05) is 25.1 Å². The van der Waals surface area contributed by atoms with Crippen LogP contribution in [-0.4, -0.2) is 54.5 Å². The van der Waals surface area contributed by atoms with Gasteiger partial charge in [0, 0.05) is 37.6 Å². The molecule has 5 nitrogen and oxygen atoms in total. The summed E-state index contributed by atoms with van der Waals surface area (Å²) in [5.41, 5.74) is 7.13. The van der Waals surface area contributed by atoms with E-state index < -0.39 is 0 Å². The van der Waals surface area contributed by atoms with Crippen LogP contribution in [0.1, 0.15) is 13.8 Å². The zero-order valence-electron chi connectivity index (χ0n) is 12.3. The standard InChI is InChI=1S/C15H24N4O/c1-3-18-7-9-19(10-8-18)12(2)15(20)17-14-6-4-5-13(16)11-14/h4-6,11-12H,3,7-10,16H2,1-2H3,(H,17,20). The van der Waals surface area contributed by atoms with Gasteiger partial charge in [0.15, 0.2) is 0 Å². The van der Waals surface area contributed by atoms with E-state index in [-0.39, 0.29) is 11.9 Å². The minimum atomic E-state index is -0.115. The summed E-state index contributed by atoms with van der Waals surface area (Å²) in [6.07, 6.45) is 0. The molecule has 20 heavy (non-hydrogen) atoms. The summed E-state index contributed by atoms with van der Waals surface area (Å²) in [6.45, 7) is 9.17. The number of carbonyl (C=O) groups is 1. The van der Waals surface area contributed by atoms with Crippen LogP contribution >= 0.6 is 0 Å². The number of anilines is 2. The highest BCUT2D eigenvalue weighted by Crippen LogP contribution is 2.13. The number of amides is 1. The zero-order valence-corrected chi connectivity index (χ0v) is 12.3. The van der Waals surface area contributed by atoms with Gasteiger partial charge in [-0.25, -0.2) is 0 Å². The third-order valence-corrected chi connectivity index (χ3v) is 3.94. The number of piperazine rings is 1. The Bertz CT molecular complexity index is 455. The highest BCUT2D eigenvalue weighted by molar-refractivity contribution is 5.94. The Balaban J connectivity index is 1.89. The van der Waals surface area contributed by atoms with E-state index in [1.54, 1.807) is 6.07 Å². The summed E-state index contributed by atoms with van der Waals surface area (Å²) in [5.74, 6) is 0.0283. The van der Waals surface area contributed by atoms with Crippen molar-refractivity contribution in [1.82, 2.24) is 9.80 Å². The monoisotopic (exact) mass is 276 g/mol. The first kappa shape index (κ1) is 14.8. The van der Waals surface area contributed by atoms with E-state index >= 15 is 0 Å². The van der Waals surface area contributed by atoms with Crippen molar-refractivity contribution in [3.05, 3.63) is 24.3 Å². The molecule has 2 rings (SSSR count). The Labute approximate surface area is 120 Å². The van der Waals surface area contributed by atoms with Crippen molar-refractivity contribution in [1.29, 1.82) is 0 Å². The molecular formula is C15H24N4O. The van der Waals surface area contributed by atoms with Crippen LogP contribution in [0.2, 0.25) is 0 Å². The molecule has 0 aromatic heterocycles. The zero-order chi connectivity index (χ0) is 14.5. The molecule has 110 valence electrons. The van der Waals surface area contributed by atoms with E-state index in [0.29, 0.717) is 5.69 Å². The Morgan fingerprint density at radius 2 is 2.05 bits per heavy atom. The fraction of sp³-hybridized carbons (Fsp3) is 0.533. The first-order valence-electron chi connectivity index (χ1n) is 7.23. The molecule has 1 aromatic rings. The average Bonchev–Trinajstić information content (AvgIpc) is 2.46. The molecule has 1 unspecified atom stereocenters. The van der Waals surface area contributed by atoms with Crippen molar-refractivity contribution >= 4 is 17.3 Å². The summed E-state index contributed by atoms with van der Waals surface area (Å²) in [5, 5.41) is 2.93. The number of nitrogens with two attached hydrogens (primary N) is 1. The minimum Gasteiger partial charge on any atom is -0.399 e. The van der Waals surface area contributed by atoms with Crippen molar-refractivity contribution in [3.63, 3.8) is 0 Å². The number of nitrogens with zero attached hydrogens (tertiary/aromatic N) is 2. The normalized spacial score (nSPS) is 18.7. The van der Waals surface area contributed by atoms with Gasteiger partial charge < -0.3 is 16.0 Å². The van der Waals surface area contributed by atoms with Crippen LogP contribution in [-0.2, 0) is 4.79 Å². The fourth-order valence-corrected chi connectivity index (χ4v) is 2.50. The van der Waals surface area contributed by atoms with Crippen LogP contribution in [0.15, 0.2) is 24.3 Å². The molecule has 5 heteroatoms. The maximum absolute atomic E-state index is 12.3. The molecule has 0 radical (unpaired) electrons. The molecule has 1 aliphatic heterocycles. The second-order valence-corrected chi connectivity index (χ2v) is 5.26. The molecule has 0 saturated carbocycles. The minimum absolute atomic E-state index is 0.0283. The lowest BCUT2D eigenvalue weighted by Gasteiger charge is -2.36. The second-order valence-electron chi connectivity index (χ2n) is 5.26. The average molecular weight is 276 g/mol. The lowest BCUT2D eigenvalue weighted by molar-refractivity contribution is -0.121. The van der Waals surface area contributed by atoms with Gasteiger partial charge in [-0.05, 0) is 31.7 Å². The number of hydrogen-bond donors (Lipinski definition) is 2. The lowest BCUT2D eigenvalue weighted by Crippen LogP contribution is -2.52. The largest absolute Gasteiger partial charge is 0.399 e. The van der Waals surface area contributed by atoms with Gasteiger partial charge in [-0.2, -0.15) is 0 Å². The number of nitrogen functional groups attached to an aromatic ring is 1. The molecule has 0 bridgehead atoms. The van der Waals surface area contributed by atoms with Crippen molar-refractivity contribution in [3.8, 4) is 0 Å². The van der Waals surface area contributed by atoms with E-state index in [1.165, 1.54) is 0 Å². The number of likely N-dealkylation sites (N-methyl/N-ethyl adjacent to an activating group) is 1. The van der Waals surface area contributed by atoms with Crippen molar-refractivity contribution < 1.29 is 4.79 Å². The molecule has 1 aromatic carbocycles. The van der Waals surface area contributed by atoms with Gasteiger partial charge in [-0.3, -0.25) is 9.69 Å². The summed E-state index contributed by atoms with van der Waals surface area (Å²) in [4.78, 5) is 16.9. The Kier molecular flexibility index (Phi) is 4.98. The van der Waals surface area contributed by atoms with E-state index in [9.17, 15) is 4.79 Å². The van der Waals surface area contributed by atoms with E-state index in [4.69, 9.17) is 5.73 Å². The number of nitrogens with one attached hydrogen (secondary N) is 1. The summed E-state index contributed by atoms with van der Waals surface area (Å²) in [7, 11) is 0. The molecule has 1 saturated heterocycles. The first-order chi connectivity index (χ1) is 9.60. The van der Waals surface area contributed by atoms with Gasteiger partial charge in [0.2, 0.25) is 5.91 Å². The Hall–Kier alpha value is -1.59. The third kappa shape index (κ3) is 3.71. The van der Waals surface area contributed by atoms with Gasteiger partial charge >= 0.3 is 0 Å². The van der Waals surface area contributed by atoms with Crippen LogP contribution in [0.5, 0.6) is 0 Å². The van der Waals surface area contributed by atoms with E-state index in [0.717, 1.165) is 38.4 Å². The van der Waals surface area contributed by atoms with E-state index in [2.05, 4.69) is 22.0 Å². The summed E-state index contributed by atoms with van der Waals surface area (Å²) < 4.78 is 0. The van der Waals surface area contributed by atoms with Gasteiger partial charge in [0.1, 0.15) is 0 Å². The second kappa shape index (κ2) is 6.72. The Morgan fingerprint density at radius 3 is 2.65 bits per heavy atom.